The van der Waals surface area contributed by atoms with Crippen LogP contribution in [-0.4, -0.2) is 6.29 Å². The van der Waals surface area contributed by atoms with Crippen molar-refractivity contribution in [3.8, 4) is 0 Å². The van der Waals surface area contributed by atoms with E-state index in [1.54, 1.807) is 0 Å². The molecule has 0 amide bonds. The van der Waals surface area contributed by atoms with E-state index in [9.17, 15) is 4.79 Å². The molecule has 0 saturated heterocycles. The second-order valence-corrected chi connectivity index (χ2v) is 4.20. The normalized spacial score (nSPS) is 9.31. The summed E-state index contributed by atoms with van der Waals surface area (Å²) in [4.78, 5) is 10.4. The second-order valence-electron chi connectivity index (χ2n) is 4.20. The Hall–Kier alpha value is -1.37. The quantitative estimate of drug-likeness (QED) is 0.543. The van der Waals surface area contributed by atoms with Crippen LogP contribution in [0.5, 0.6) is 0 Å². The zero-order chi connectivity index (χ0) is 12.6. The predicted octanol–water partition coefficient (Wildman–Crippen LogP) is 4.44. The average molecular weight is 220 g/mol. The molecule has 0 N–H and O–H groups in total. The van der Waals surface area contributed by atoms with Crippen molar-refractivity contribution in [1.82, 2.24) is 0 Å². The highest BCUT2D eigenvalue weighted by molar-refractivity contribution is 5.75. The standard InChI is InChI=1S/C10H12O.C5H10.H2/c1-3-9-4-8(2)5-10(6-9)7-11;1-4-5(2)3;/h4-7H,3H2,1-2H3;4-5H,1H2,2-3H3;1H. The first kappa shape index (κ1) is 14.6. The first-order valence-corrected chi connectivity index (χ1v) is 5.71. The van der Waals surface area contributed by atoms with Gasteiger partial charge in [0.15, 0.2) is 0 Å². The number of carbonyl (C=O) groups is 1. The van der Waals surface area contributed by atoms with Gasteiger partial charge >= 0.3 is 0 Å². The van der Waals surface area contributed by atoms with Crippen molar-refractivity contribution >= 4 is 6.29 Å². The molecular formula is C15H24O. The molecule has 0 bridgehead atoms. The van der Waals surface area contributed by atoms with E-state index < -0.39 is 0 Å². The Bertz CT molecular complexity index is 343. The molecule has 0 fully saturated rings. The molecule has 90 valence electrons. The molecule has 0 aromatic heterocycles. The molecule has 0 saturated carbocycles. The summed E-state index contributed by atoms with van der Waals surface area (Å²) in [5.41, 5.74) is 3.17. The summed E-state index contributed by atoms with van der Waals surface area (Å²) < 4.78 is 0. The lowest BCUT2D eigenvalue weighted by Crippen LogP contribution is -1.87. The number of rotatable bonds is 3. The summed E-state index contributed by atoms with van der Waals surface area (Å²) in [7, 11) is 0. The summed E-state index contributed by atoms with van der Waals surface area (Å²) in [6, 6.07) is 5.93. The van der Waals surface area contributed by atoms with Crippen LogP contribution in [0.4, 0.5) is 0 Å². The number of aryl methyl sites for hydroxylation is 2. The van der Waals surface area contributed by atoms with Gasteiger partial charge in [-0.3, -0.25) is 4.79 Å². The molecule has 16 heavy (non-hydrogen) atoms. The highest BCUT2D eigenvalue weighted by Crippen LogP contribution is 2.08. The molecule has 1 aromatic rings. The third-order valence-corrected chi connectivity index (χ3v) is 2.18. The molecule has 0 atom stereocenters. The summed E-state index contributed by atoms with van der Waals surface area (Å²) >= 11 is 0. The van der Waals surface area contributed by atoms with Crippen LogP contribution in [0.15, 0.2) is 30.9 Å². The van der Waals surface area contributed by atoms with E-state index in [2.05, 4.69) is 33.4 Å². The van der Waals surface area contributed by atoms with Gasteiger partial charge in [-0.05, 0) is 37.0 Å². The van der Waals surface area contributed by atoms with E-state index in [1.807, 2.05) is 25.1 Å². The van der Waals surface area contributed by atoms with Crippen molar-refractivity contribution in [2.24, 2.45) is 5.92 Å². The smallest absolute Gasteiger partial charge is 0.150 e. The fourth-order valence-corrected chi connectivity index (χ4v) is 1.17. The molecule has 1 heteroatoms. The Morgan fingerprint density at radius 1 is 1.38 bits per heavy atom. The van der Waals surface area contributed by atoms with Gasteiger partial charge in [0.25, 0.3) is 0 Å². The fraction of sp³-hybridized carbons (Fsp3) is 0.400. The molecule has 1 nitrogen and oxygen atoms in total. The average Bonchev–Trinajstić information content (AvgIpc) is 2.28. The lowest BCUT2D eigenvalue weighted by molar-refractivity contribution is 0.112. The fourth-order valence-electron chi connectivity index (χ4n) is 1.17. The van der Waals surface area contributed by atoms with Crippen LogP contribution in [-0.2, 0) is 6.42 Å². The Labute approximate surface area is 101 Å². The SMILES string of the molecule is C=CC(C)C.CCc1cc(C)cc(C=O)c1.[HH]. The minimum atomic E-state index is 0. The van der Waals surface area contributed by atoms with Gasteiger partial charge in [-0.15, -0.1) is 6.58 Å². The second kappa shape index (κ2) is 7.86. The molecular weight excluding hydrogens is 196 g/mol. The molecule has 1 rings (SSSR count). The third kappa shape index (κ3) is 6.18. The minimum absolute atomic E-state index is 0. The van der Waals surface area contributed by atoms with Gasteiger partial charge in [0.1, 0.15) is 6.29 Å². The first-order chi connectivity index (χ1) is 7.53. The molecule has 0 spiro atoms. The van der Waals surface area contributed by atoms with E-state index in [1.165, 1.54) is 5.56 Å². The van der Waals surface area contributed by atoms with Crippen molar-refractivity contribution in [1.29, 1.82) is 0 Å². The Morgan fingerprint density at radius 2 is 1.94 bits per heavy atom. The van der Waals surface area contributed by atoms with Crippen LogP contribution in [0.3, 0.4) is 0 Å². The molecule has 0 aliphatic carbocycles. The van der Waals surface area contributed by atoms with Gasteiger partial charge in [-0.2, -0.15) is 0 Å². The zero-order valence-corrected chi connectivity index (χ0v) is 10.8. The number of hydrogen-bond donors (Lipinski definition) is 0. The van der Waals surface area contributed by atoms with Crippen LogP contribution in [0.2, 0.25) is 0 Å². The number of benzene rings is 1. The zero-order valence-electron chi connectivity index (χ0n) is 10.8. The first-order valence-electron chi connectivity index (χ1n) is 5.71. The maximum atomic E-state index is 10.4. The van der Waals surface area contributed by atoms with Crippen LogP contribution in [0.1, 0.15) is 43.7 Å². The lowest BCUT2D eigenvalue weighted by atomic mass is 10.1. The molecule has 0 unspecified atom stereocenters. The molecule has 1 aromatic carbocycles. The molecule has 0 aliphatic heterocycles. The highest BCUT2D eigenvalue weighted by Gasteiger charge is 1.94. The van der Waals surface area contributed by atoms with Crippen molar-refractivity contribution in [2.75, 3.05) is 0 Å². The van der Waals surface area contributed by atoms with E-state index >= 15 is 0 Å². The summed E-state index contributed by atoms with van der Waals surface area (Å²) in [6.07, 6.45) is 3.80. The Morgan fingerprint density at radius 3 is 2.31 bits per heavy atom. The molecule has 0 aliphatic rings. The third-order valence-electron chi connectivity index (χ3n) is 2.18. The Balaban J connectivity index is 0. The van der Waals surface area contributed by atoms with Crippen molar-refractivity contribution < 1.29 is 6.22 Å². The van der Waals surface area contributed by atoms with Gasteiger partial charge < -0.3 is 0 Å². The van der Waals surface area contributed by atoms with Gasteiger partial charge in [-0.1, -0.05) is 38.5 Å². The largest absolute Gasteiger partial charge is 0.298 e. The van der Waals surface area contributed by atoms with E-state index in [0.717, 1.165) is 23.8 Å². The summed E-state index contributed by atoms with van der Waals surface area (Å²) in [6.45, 7) is 11.9. The predicted molar refractivity (Wildman–Crippen MR) is 73.1 cm³/mol. The van der Waals surface area contributed by atoms with Gasteiger partial charge in [0.05, 0.1) is 0 Å². The van der Waals surface area contributed by atoms with Crippen molar-refractivity contribution in [3.63, 3.8) is 0 Å². The Kier molecular flexibility index (Phi) is 7.19. The highest BCUT2D eigenvalue weighted by atomic mass is 16.1. The van der Waals surface area contributed by atoms with Crippen LogP contribution in [0.25, 0.3) is 0 Å². The maximum absolute atomic E-state index is 10.4. The number of hydrogen-bond acceptors (Lipinski definition) is 1. The summed E-state index contributed by atoms with van der Waals surface area (Å²) in [5, 5.41) is 0. The molecule has 0 radical (unpaired) electrons. The van der Waals surface area contributed by atoms with Crippen LogP contribution in [0, 0.1) is 12.8 Å². The van der Waals surface area contributed by atoms with Crippen molar-refractivity contribution in [3.05, 3.63) is 47.5 Å². The van der Waals surface area contributed by atoms with Crippen LogP contribution < -0.4 is 0 Å². The monoisotopic (exact) mass is 220 g/mol. The molecule has 0 heterocycles. The minimum Gasteiger partial charge on any atom is -0.298 e. The number of allylic oxidation sites excluding steroid dienone is 1. The van der Waals surface area contributed by atoms with E-state index in [-0.39, 0.29) is 1.43 Å². The lowest BCUT2D eigenvalue weighted by Gasteiger charge is -1.99. The van der Waals surface area contributed by atoms with E-state index in [0.29, 0.717) is 5.92 Å². The van der Waals surface area contributed by atoms with E-state index in [4.69, 9.17) is 0 Å². The summed E-state index contributed by atoms with van der Waals surface area (Å²) in [5.74, 6) is 0.648. The van der Waals surface area contributed by atoms with Gasteiger partial charge in [0, 0.05) is 6.99 Å². The van der Waals surface area contributed by atoms with Crippen molar-refractivity contribution in [2.45, 2.75) is 34.1 Å². The van der Waals surface area contributed by atoms with Gasteiger partial charge in [-0.25, -0.2) is 0 Å². The van der Waals surface area contributed by atoms with Crippen LogP contribution >= 0.6 is 0 Å². The topological polar surface area (TPSA) is 17.1 Å². The number of aldehydes is 1. The number of carbonyl (C=O) groups excluding carboxylic acids is 1. The maximum Gasteiger partial charge on any atom is 0.150 e. The van der Waals surface area contributed by atoms with Gasteiger partial charge in [0.2, 0.25) is 0 Å².